The van der Waals surface area contributed by atoms with E-state index in [1.807, 2.05) is 13.1 Å². The average Bonchev–Trinajstić information content (AvgIpc) is 2.65. The molecule has 0 radical (unpaired) electrons. The van der Waals surface area contributed by atoms with Gasteiger partial charge in [-0.15, -0.1) is 11.8 Å². The molecule has 0 saturated heterocycles. The lowest BCUT2D eigenvalue weighted by molar-refractivity contribution is 0.591. The minimum absolute atomic E-state index is 0.140. The van der Waals surface area contributed by atoms with E-state index in [0.29, 0.717) is 11.3 Å². The van der Waals surface area contributed by atoms with Crippen molar-refractivity contribution in [2.75, 3.05) is 7.05 Å². The predicted molar refractivity (Wildman–Crippen MR) is 62.7 cm³/mol. The number of rotatable bonds is 3. The molecule has 1 aliphatic rings. The topological polar surface area (TPSA) is 12.0 Å². The Balaban J connectivity index is 2.02. The second-order valence-corrected chi connectivity index (χ2v) is 5.25. The average molecular weight is 225 g/mol. The van der Waals surface area contributed by atoms with E-state index in [1.54, 1.807) is 23.9 Å². The minimum atomic E-state index is -0.140. The molecule has 3 heteroatoms. The Hall–Kier alpha value is -0.540. The maximum Gasteiger partial charge on any atom is 0.124 e. The number of halogens is 1. The first-order valence-electron chi connectivity index (χ1n) is 5.39. The zero-order valence-corrected chi connectivity index (χ0v) is 9.69. The van der Waals surface area contributed by atoms with E-state index < -0.39 is 0 Å². The highest BCUT2D eigenvalue weighted by atomic mass is 32.2. The van der Waals surface area contributed by atoms with Gasteiger partial charge in [-0.25, -0.2) is 4.39 Å². The molecule has 2 atom stereocenters. The van der Waals surface area contributed by atoms with Crippen molar-refractivity contribution in [3.63, 3.8) is 0 Å². The summed E-state index contributed by atoms with van der Waals surface area (Å²) < 4.78 is 13.0. The van der Waals surface area contributed by atoms with Crippen molar-refractivity contribution in [3.8, 4) is 0 Å². The normalized spacial score (nSPS) is 25.7. The minimum Gasteiger partial charge on any atom is -0.316 e. The summed E-state index contributed by atoms with van der Waals surface area (Å²) in [6, 6.07) is 7.46. The first kappa shape index (κ1) is 11.0. The van der Waals surface area contributed by atoms with Crippen LogP contribution in [0.3, 0.4) is 0 Å². The van der Waals surface area contributed by atoms with Crippen LogP contribution >= 0.6 is 11.8 Å². The molecular formula is C12H16FNS. The molecule has 2 unspecified atom stereocenters. The molecule has 1 N–H and O–H groups in total. The second-order valence-electron chi connectivity index (χ2n) is 3.94. The van der Waals surface area contributed by atoms with Crippen molar-refractivity contribution >= 4 is 11.8 Å². The third kappa shape index (κ3) is 2.73. The zero-order valence-electron chi connectivity index (χ0n) is 8.87. The summed E-state index contributed by atoms with van der Waals surface area (Å²) in [5.41, 5.74) is 0. The van der Waals surface area contributed by atoms with Crippen LogP contribution in [0.5, 0.6) is 0 Å². The molecule has 82 valence electrons. The maximum atomic E-state index is 13.0. The lowest BCUT2D eigenvalue weighted by Crippen LogP contribution is -2.30. The number of nitrogens with one attached hydrogen (secondary N) is 1. The number of hydrogen-bond donors (Lipinski definition) is 1. The molecular weight excluding hydrogens is 209 g/mol. The molecule has 0 aromatic heterocycles. The number of hydrogen-bond acceptors (Lipinski definition) is 2. The van der Waals surface area contributed by atoms with Crippen LogP contribution < -0.4 is 5.32 Å². The smallest absolute Gasteiger partial charge is 0.124 e. The fourth-order valence-corrected chi connectivity index (χ4v) is 3.52. The van der Waals surface area contributed by atoms with Crippen molar-refractivity contribution in [1.29, 1.82) is 0 Å². The lowest BCUT2D eigenvalue weighted by atomic mass is 10.2. The molecule has 1 aromatic rings. The molecule has 0 heterocycles. The van der Waals surface area contributed by atoms with E-state index in [-0.39, 0.29) is 5.82 Å². The van der Waals surface area contributed by atoms with Crippen LogP contribution in [0.1, 0.15) is 19.3 Å². The van der Waals surface area contributed by atoms with Crippen LogP contribution in [-0.4, -0.2) is 18.3 Å². The number of thioether (sulfide) groups is 1. The summed E-state index contributed by atoms with van der Waals surface area (Å²) in [6.45, 7) is 0. The molecule has 1 nitrogen and oxygen atoms in total. The van der Waals surface area contributed by atoms with Crippen LogP contribution in [0.4, 0.5) is 4.39 Å². The van der Waals surface area contributed by atoms with Gasteiger partial charge in [0.05, 0.1) is 0 Å². The van der Waals surface area contributed by atoms with Gasteiger partial charge in [-0.3, -0.25) is 0 Å². The Morgan fingerprint density at radius 2 is 2.27 bits per heavy atom. The maximum absolute atomic E-state index is 13.0. The van der Waals surface area contributed by atoms with Gasteiger partial charge in [-0.1, -0.05) is 12.5 Å². The molecule has 15 heavy (non-hydrogen) atoms. The Bertz CT molecular complexity index is 329. The van der Waals surface area contributed by atoms with E-state index in [2.05, 4.69) is 5.32 Å². The van der Waals surface area contributed by atoms with Crippen LogP contribution in [-0.2, 0) is 0 Å². The lowest BCUT2D eigenvalue weighted by Gasteiger charge is -2.18. The van der Waals surface area contributed by atoms with E-state index in [4.69, 9.17) is 0 Å². The molecule has 0 aliphatic heterocycles. The third-order valence-electron chi connectivity index (χ3n) is 2.91. The standard InChI is InChI=1S/C12H16FNS/c1-14-11-6-3-7-12(11)15-10-5-2-4-9(13)8-10/h2,4-5,8,11-12,14H,3,6-7H2,1H3. The molecule has 1 aromatic carbocycles. The zero-order chi connectivity index (χ0) is 10.7. The first-order valence-corrected chi connectivity index (χ1v) is 6.27. The number of benzene rings is 1. The van der Waals surface area contributed by atoms with Gasteiger partial charge in [-0.2, -0.15) is 0 Å². The van der Waals surface area contributed by atoms with Crippen molar-refractivity contribution in [1.82, 2.24) is 5.32 Å². The van der Waals surface area contributed by atoms with Gasteiger partial charge in [0.15, 0.2) is 0 Å². The molecule has 1 saturated carbocycles. The highest BCUT2D eigenvalue weighted by Gasteiger charge is 2.26. The Kier molecular flexibility index (Phi) is 3.65. The van der Waals surface area contributed by atoms with Crippen LogP contribution in [0.2, 0.25) is 0 Å². The largest absolute Gasteiger partial charge is 0.316 e. The molecule has 1 aliphatic carbocycles. The van der Waals surface area contributed by atoms with Crippen molar-refractivity contribution in [3.05, 3.63) is 30.1 Å². The Morgan fingerprint density at radius 3 is 3.00 bits per heavy atom. The Labute approximate surface area is 94.5 Å². The molecule has 1 fully saturated rings. The predicted octanol–water partition coefficient (Wildman–Crippen LogP) is 3.06. The molecule has 0 amide bonds. The molecule has 2 rings (SSSR count). The van der Waals surface area contributed by atoms with Gasteiger partial charge in [0.25, 0.3) is 0 Å². The third-order valence-corrected chi connectivity index (χ3v) is 4.30. The summed E-state index contributed by atoms with van der Waals surface area (Å²) in [5.74, 6) is -0.140. The van der Waals surface area contributed by atoms with Crippen molar-refractivity contribution < 1.29 is 4.39 Å². The van der Waals surface area contributed by atoms with E-state index in [1.165, 1.54) is 25.3 Å². The van der Waals surface area contributed by atoms with Gasteiger partial charge in [0.1, 0.15) is 5.82 Å². The quantitative estimate of drug-likeness (QED) is 0.848. The van der Waals surface area contributed by atoms with Crippen molar-refractivity contribution in [2.24, 2.45) is 0 Å². The van der Waals surface area contributed by atoms with Crippen molar-refractivity contribution in [2.45, 2.75) is 35.4 Å². The second kappa shape index (κ2) is 4.99. The monoisotopic (exact) mass is 225 g/mol. The fourth-order valence-electron chi connectivity index (χ4n) is 2.11. The summed E-state index contributed by atoms with van der Waals surface area (Å²) in [4.78, 5) is 1.04. The first-order chi connectivity index (χ1) is 7.29. The summed E-state index contributed by atoms with van der Waals surface area (Å²) >= 11 is 1.80. The summed E-state index contributed by atoms with van der Waals surface area (Å²) in [5, 5.41) is 3.93. The highest BCUT2D eigenvalue weighted by molar-refractivity contribution is 8.00. The van der Waals surface area contributed by atoms with Crippen LogP contribution in [0.15, 0.2) is 29.2 Å². The van der Waals surface area contributed by atoms with Gasteiger partial charge in [0.2, 0.25) is 0 Å². The summed E-state index contributed by atoms with van der Waals surface area (Å²) in [7, 11) is 2.01. The fraction of sp³-hybridized carbons (Fsp3) is 0.500. The molecule has 0 bridgehead atoms. The van der Waals surface area contributed by atoms with Gasteiger partial charge >= 0.3 is 0 Å². The van der Waals surface area contributed by atoms with Gasteiger partial charge in [0, 0.05) is 16.2 Å². The van der Waals surface area contributed by atoms with Gasteiger partial charge in [-0.05, 0) is 38.1 Å². The Morgan fingerprint density at radius 1 is 1.40 bits per heavy atom. The molecule has 0 spiro atoms. The summed E-state index contributed by atoms with van der Waals surface area (Å²) in [6.07, 6.45) is 3.74. The van der Waals surface area contributed by atoms with E-state index in [0.717, 1.165) is 4.90 Å². The highest BCUT2D eigenvalue weighted by Crippen LogP contribution is 2.34. The van der Waals surface area contributed by atoms with E-state index in [9.17, 15) is 4.39 Å². The van der Waals surface area contributed by atoms with Crippen LogP contribution in [0.25, 0.3) is 0 Å². The van der Waals surface area contributed by atoms with Crippen LogP contribution in [0, 0.1) is 5.82 Å². The SMILES string of the molecule is CNC1CCCC1Sc1cccc(F)c1. The van der Waals surface area contributed by atoms with Gasteiger partial charge < -0.3 is 5.32 Å². The van der Waals surface area contributed by atoms with E-state index >= 15 is 0 Å².